The molecule has 6 aromatic carbocycles. The predicted molar refractivity (Wildman–Crippen MR) is 265 cm³/mol. The fourth-order valence-corrected chi connectivity index (χ4v) is 7.30. The zero-order valence-corrected chi connectivity index (χ0v) is 42.0. The summed E-state index contributed by atoms with van der Waals surface area (Å²) >= 11 is 0. The molecule has 4 N–H and O–H groups in total. The highest BCUT2D eigenvalue weighted by Gasteiger charge is 2.18. The Hall–Kier alpha value is -8.94. The van der Waals surface area contributed by atoms with Gasteiger partial charge in [-0.15, -0.1) is 30.4 Å². The summed E-state index contributed by atoms with van der Waals surface area (Å²) in [5.41, 5.74) is 6.35. The van der Waals surface area contributed by atoms with Gasteiger partial charge in [0.05, 0.1) is 44.7 Å². The molecule has 0 atom stereocenters. The number of hydrogen-bond donors (Lipinski definition) is 4. The maximum atomic E-state index is 12.3. The summed E-state index contributed by atoms with van der Waals surface area (Å²) < 4.78 is 117. The first-order valence-electron chi connectivity index (χ1n) is 20.9. The topological polar surface area (TPSA) is 398 Å². The van der Waals surface area contributed by atoms with E-state index < -0.39 is 58.9 Å². The second-order valence-corrected chi connectivity index (χ2v) is 18.6. The van der Waals surface area contributed by atoms with Crippen LogP contribution in [0.1, 0.15) is 33.9 Å². The van der Waals surface area contributed by atoms with Gasteiger partial charge in [-0.3, -0.25) is 13.9 Å². The molecule has 0 amide bonds. The fourth-order valence-electron chi connectivity index (χ4n) is 6.17. The smallest absolute Gasteiger partial charge is 0.425 e. The van der Waals surface area contributed by atoms with Crippen molar-refractivity contribution in [1.82, 2.24) is 15.0 Å². The number of aryl methyl sites for hydroxylation is 2. The summed E-state index contributed by atoms with van der Waals surface area (Å²) in [5.74, 6) is -0.236. The molecule has 0 fully saturated rings. The summed E-state index contributed by atoms with van der Waals surface area (Å²) in [6, 6.07) is 35.9. The number of carbonyl (C=O) groups is 1. The fraction of sp³-hybridized carbons (Fsp3) is 0.111. The van der Waals surface area contributed by atoms with E-state index in [4.69, 9.17) is 34.8 Å². The minimum atomic E-state index is -4.70. The number of carboxylic acids is 1. The second kappa shape index (κ2) is 26.7. The van der Waals surface area contributed by atoms with Crippen molar-refractivity contribution in [2.24, 2.45) is 40.9 Å². The van der Waals surface area contributed by atoms with Gasteiger partial charge in [-0.2, -0.15) is 62.6 Å². The highest BCUT2D eigenvalue weighted by atomic mass is 32.2. The lowest BCUT2D eigenvalue weighted by Gasteiger charge is -2.10. The van der Waals surface area contributed by atoms with Crippen LogP contribution in [0.4, 0.5) is 51.4 Å². The number of aromatic nitrogens is 3. The average molecular weight is 1100 g/mol. The Kier molecular flexibility index (Phi) is 20.3. The molecule has 7 rings (SSSR count). The van der Waals surface area contributed by atoms with Crippen LogP contribution in [-0.4, -0.2) is 83.8 Å². The van der Waals surface area contributed by atoms with Crippen molar-refractivity contribution < 1.29 is 61.1 Å². The van der Waals surface area contributed by atoms with Gasteiger partial charge in [0.1, 0.15) is 28.8 Å². The maximum absolute atomic E-state index is 12.3. The number of nitrogens with one attached hydrogen (secondary N) is 1. The summed E-state index contributed by atoms with van der Waals surface area (Å²) in [4.78, 5) is 24.3. The largest absolute Gasteiger partial charge is 0.480 e. The number of anilines is 1. The number of azo groups is 4. The number of nitrogens with zero attached hydrogens (tertiary/aromatic N) is 11. The van der Waals surface area contributed by atoms with Gasteiger partial charge in [-0.1, -0.05) is 42.5 Å². The van der Waals surface area contributed by atoms with Gasteiger partial charge < -0.3 is 10.4 Å². The van der Waals surface area contributed by atoms with Gasteiger partial charge in [-0.05, 0) is 127 Å². The Bertz CT molecular complexity index is 3760. The van der Waals surface area contributed by atoms with Crippen molar-refractivity contribution >= 4 is 98.9 Å². The van der Waals surface area contributed by atoms with Crippen LogP contribution >= 0.6 is 0 Å². The van der Waals surface area contributed by atoms with Gasteiger partial charge >= 0.3 is 27.2 Å². The van der Waals surface area contributed by atoms with Crippen molar-refractivity contribution in [3.63, 3.8) is 0 Å². The molecule has 0 spiro atoms. The number of benzene rings is 6. The molecule has 0 radical (unpaired) electrons. The maximum Gasteiger partial charge on any atom is 0.425 e. The van der Waals surface area contributed by atoms with Crippen LogP contribution in [-0.2, 0) is 59.1 Å². The lowest BCUT2D eigenvalue weighted by Crippen LogP contribution is -2.17. The van der Waals surface area contributed by atoms with E-state index in [1.54, 1.807) is 67.6 Å². The molecule has 0 aliphatic carbocycles. The molecule has 0 saturated heterocycles. The Labute approximate surface area is 429 Å². The summed E-state index contributed by atoms with van der Waals surface area (Å²) in [7, 11) is -15.2. The molecule has 1 aromatic heterocycles. The van der Waals surface area contributed by atoms with Crippen LogP contribution in [0.5, 0.6) is 0 Å². The molecule has 1 heterocycles. The van der Waals surface area contributed by atoms with Crippen LogP contribution in [0.2, 0.25) is 0 Å². The van der Waals surface area contributed by atoms with E-state index >= 15 is 0 Å². The minimum Gasteiger partial charge on any atom is -0.480 e. The van der Waals surface area contributed by atoms with Gasteiger partial charge in [0, 0.05) is 12.8 Å². The Morgan fingerprint density at radius 2 is 0.880 bits per heavy atom. The lowest BCUT2D eigenvalue weighted by molar-refractivity contribution is -0.134. The quantitative estimate of drug-likeness (QED) is 0.0487. The van der Waals surface area contributed by atoms with E-state index in [1.165, 1.54) is 36.4 Å². The highest BCUT2D eigenvalue weighted by molar-refractivity contribution is 7.86. The van der Waals surface area contributed by atoms with Crippen LogP contribution in [0.15, 0.2) is 184 Å². The molecule has 0 bridgehead atoms. The van der Waals surface area contributed by atoms with Crippen molar-refractivity contribution in [3.8, 4) is 0 Å². The number of carboxylic acid groups (broad SMARTS) is 1. The second-order valence-electron chi connectivity index (χ2n) is 15.0. The standard InChI is InChI=1S/C45H38N12O8S2.2O3S/c1-28-22-30(8-19-38(28)55-53-34-12-10-33(11-13-34)51-52-35-14-17-37(18-15-35)66(60,61)62)24-42-47-43(49-45(48-42)46-27-44(58)59)25-31-9-20-39(29(2)23-31)56-57-40-21-16-36(26-41(40)67(63,64)65)54-50-32-6-4-3-5-7-32;2*1-4(2)3/h3-23,26H,24-25,27H2,1-2H3,(H,58,59)(H,60,61,62)(H,63,64,65)(H,46,47,48,49);;. The number of aliphatic carboxylic acids is 1. The minimum absolute atomic E-state index is 0.0932. The molecule has 26 nitrogen and oxygen atoms in total. The molecule has 75 heavy (non-hydrogen) atoms. The lowest BCUT2D eigenvalue weighted by atomic mass is 10.1. The first kappa shape index (κ1) is 57.0. The monoisotopic (exact) mass is 1100 g/mol. The SMILES string of the molecule is Cc1cc(Cc2nc(Cc3ccc(N=Nc4ccc(N=Nc5ccccc5)cc4S(=O)(=O)O)c(C)c3)nc(NCC(=O)O)n2)ccc1N=Nc1ccc(N=Nc2ccc(S(=O)(=O)O)cc2)cc1.O=S(=O)=O.O=S(=O)=O. The Balaban J connectivity index is 0.00000121. The van der Waals surface area contributed by atoms with E-state index in [1.807, 2.05) is 37.3 Å². The van der Waals surface area contributed by atoms with Crippen LogP contribution in [0.25, 0.3) is 0 Å². The van der Waals surface area contributed by atoms with E-state index in [9.17, 15) is 31.3 Å². The van der Waals surface area contributed by atoms with Crippen LogP contribution in [0.3, 0.4) is 0 Å². The third-order valence-electron chi connectivity index (χ3n) is 9.43. The third-order valence-corrected chi connectivity index (χ3v) is 11.2. The third kappa shape index (κ3) is 19.5. The van der Waals surface area contributed by atoms with Crippen molar-refractivity contribution in [2.75, 3.05) is 11.9 Å². The van der Waals surface area contributed by atoms with Gasteiger partial charge in [-0.25, -0.2) is 4.98 Å². The zero-order valence-electron chi connectivity index (χ0n) is 38.7. The van der Waals surface area contributed by atoms with Crippen LogP contribution < -0.4 is 5.32 Å². The van der Waals surface area contributed by atoms with Gasteiger partial charge in [0.25, 0.3) is 20.2 Å². The molecule has 0 aliphatic rings. The number of hydrogen-bond acceptors (Lipinski definition) is 23. The zero-order chi connectivity index (χ0) is 54.7. The highest BCUT2D eigenvalue weighted by Crippen LogP contribution is 2.33. The predicted octanol–water partition coefficient (Wildman–Crippen LogP) is 9.31. The van der Waals surface area contributed by atoms with Crippen molar-refractivity contribution in [2.45, 2.75) is 36.5 Å². The van der Waals surface area contributed by atoms with E-state index in [0.717, 1.165) is 22.8 Å². The van der Waals surface area contributed by atoms with Crippen LogP contribution in [0, 0.1) is 13.8 Å². The molecule has 7 aromatic rings. The summed E-state index contributed by atoms with van der Waals surface area (Å²) in [6.45, 7) is 3.27. The summed E-state index contributed by atoms with van der Waals surface area (Å²) in [6.07, 6.45) is 0.536. The number of rotatable bonds is 17. The van der Waals surface area contributed by atoms with E-state index in [-0.39, 0.29) is 35.1 Å². The first-order chi connectivity index (χ1) is 35.5. The van der Waals surface area contributed by atoms with E-state index in [2.05, 4.69) is 56.2 Å². The molecule has 0 saturated carbocycles. The van der Waals surface area contributed by atoms with E-state index in [0.29, 0.717) is 51.3 Å². The molecule has 0 aliphatic heterocycles. The Morgan fingerprint density at radius 3 is 1.32 bits per heavy atom. The molecule has 30 heteroatoms. The van der Waals surface area contributed by atoms with Crippen molar-refractivity contribution in [3.05, 3.63) is 167 Å². The molecule has 386 valence electrons. The normalized spacial score (nSPS) is 11.5. The summed E-state index contributed by atoms with van der Waals surface area (Å²) in [5, 5.41) is 45.5. The molecular weight excluding hydrogens is 1060 g/mol. The molecule has 0 unspecified atom stereocenters. The average Bonchev–Trinajstić information content (AvgIpc) is 3.34. The van der Waals surface area contributed by atoms with Gasteiger partial charge in [0.2, 0.25) is 5.95 Å². The first-order valence-corrected chi connectivity index (χ1v) is 25.8. The Morgan fingerprint density at radius 1 is 0.493 bits per heavy atom. The molecular formula is C45H38N12O14S4. The van der Waals surface area contributed by atoms with Gasteiger partial charge in [0.15, 0.2) is 0 Å². The van der Waals surface area contributed by atoms with Crippen molar-refractivity contribution in [1.29, 1.82) is 0 Å².